The molecule has 4 rings (SSSR count). The summed E-state index contributed by atoms with van der Waals surface area (Å²) in [6, 6.07) is 21.1. The van der Waals surface area contributed by atoms with Crippen LogP contribution in [0, 0.1) is 11.3 Å². The zero-order chi connectivity index (χ0) is 34.9. The molecule has 1 aliphatic carbocycles. The first-order valence-electron chi connectivity index (χ1n) is 16.1. The van der Waals surface area contributed by atoms with Gasteiger partial charge in [-0.1, -0.05) is 49.7 Å². The van der Waals surface area contributed by atoms with E-state index in [9.17, 15) is 22.8 Å². The molecule has 0 saturated heterocycles. The Labute approximate surface area is 279 Å². The summed E-state index contributed by atoms with van der Waals surface area (Å²) in [4.78, 5) is 30.2. The maximum absolute atomic E-state index is 13.5. The number of anilines is 2. The number of nitrogens with one attached hydrogen (secondary N) is 3. The van der Waals surface area contributed by atoms with Crippen molar-refractivity contribution in [2.24, 2.45) is 10.9 Å². The second-order valence-electron chi connectivity index (χ2n) is 13.0. The van der Waals surface area contributed by atoms with E-state index in [0.29, 0.717) is 35.2 Å². The highest BCUT2D eigenvalue weighted by atomic mass is 19.4. The van der Waals surface area contributed by atoms with Crippen LogP contribution in [0.4, 0.5) is 35.0 Å². The van der Waals surface area contributed by atoms with Crippen molar-refractivity contribution in [3.8, 4) is 0 Å². The number of carbonyl (C=O) groups is 2. The Balaban J connectivity index is 1.60. The summed E-state index contributed by atoms with van der Waals surface area (Å²) in [7, 11) is 0. The third-order valence-corrected chi connectivity index (χ3v) is 7.42. The molecule has 1 saturated carbocycles. The number of amides is 2. The number of rotatable bonds is 14. The number of ether oxygens (including phenoxy) is 2. The van der Waals surface area contributed by atoms with Crippen LogP contribution in [0.3, 0.4) is 0 Å². The summed E-state index contributed by atoms with van der Waals surface area (Å²) in [6.07, 6.45) is -2.23. The molecule has 1 aliphatic rings. The number of hydrogen-bond donors (Lipinski definition) is 3. The average molecular weight is 665 g/mol. The minimum atomic E-state index is -4.90. The van der Waals surface area contributed by atoms with E-state index in [1.54, 1.807) is 75.4 Å². The topological polar surface area (TPSA) is 113 Å². The minimum Gasteiger partial charge on any atom is -0.444 e. The van der Waals surface area contributed by atoms with Crippen molar-refractivity contribution in [1.29, 1.82) is 5.41 Å². The number of halogens is 3. The van der Waals surface area contributed by atoms with Crippen LogP contribution in [-0.2, 0) is 20.7 Å². The van der Waals surface area contributed by atoms with E-state index >= 15 is 0 Å². The summed E-state index contributed by atoms with van der Waals surface area (Å²) in [5.74, 6) is -0.402. The Morgan fingerprint density at radius 2 is 1.56 bits per heavy atom. The largest absolute Gasteiger partial charge is 0.444 e. The SMILES string of the molecule is CCCCc1cccc(N=C(CC(=N)C(F)(F)F)C(=O)Nc2cccc(C(OCC3CC3)c3cccc(NC(=O)OC(C)(C)C)c3)c2)c1. The third kappa shape index (κ3) is 11.6. The van der Waals surface area contributed by atoms with Crippen molar-refractivity contribution >= 4 is 40.5 Å². The zero-order valence-electron chi connectivity index (χ0n) is 27.7. The van der Waals surface area contributed by atoms with Gasteiger partial charge >= 0.3 is 12.3 Å². The Hall–Kier alpha value is -4.51. The Bertz CT molecular complexity index is 1630. The van der Waals surface area contributed by atoms with Gasteiger partial charge < -0.3 is 20.2 Å². The van der Waals surface area contributed by atoms with Crippen LogP contribution >= 0.6 is 0 Å². The molecule has 1 atom stereocenters. The quantitative estimate of drug-likeness (QED) is 0.149. The minimum absolute atomic E-state index is 0.323. The first kappa shape index (κ1) is 36.3. The van der Waals surface area contributed by atoms with Crippen LogP contribution < -0.4 is 10.6 Å². The third-order valence-electron chi connectivity index (χ3n) is 7.42. The number of carbonyl (C=O) groups excluding carboxylic acids is 2. The summed E-state index contributed by atoms with van der Waals surface area (Å²) in [5, 5.41) is 13.0. The number of hydrogen-bond acceptors (Lipinski definition) is 6. The van der Waals surface area contributed by atoms with Gasteiger partial charge in [0.2, 0.25) is 0 Å². The number of alkyl halides is 3. The summed E-state index contributed by atoms with van der Waals surface area (Å²) >= 11 is 0. The van der Waals surface area contributed by atoms with E-state index in [2.05, 4.69) is 22.5 Å². The lowest BCUT2D eigenvalue weighted by Crippen LogP contribution is -2.31. The highest BCUT2D eigenvalue weighted by Crippen LogP contribution is 2.35. The molecular formula is C37H43F3N4O4. The molecule has 3 N–H and O–H groups in total. The zero-order valence-corrected chi connectivity index (χ0v) is 27.7. The van der Waals surface area contributed by atoms with Gasteiger partial charge in [-0.2, -0.15) is 13.2 Å². The molecule has 3 aromatic carbocycles. The Morgan fingerprint density at radius 1 is 0.938 bits per heavy atom. The molecule has 1 fully saturated rings. The van der Waals surface area contributed by atoms with Crippen LogP contribution in [0.15, 0.2) is 77.8 Å². The number of benzene rings is 3. The van der Waals surface area contributed by atoms with E-state index in [0.717, 1.165) is 43.2 Å². The molecule has 0 aromatic heterocycles. The first-order valence-corrected chi connectivity index (χ1v) is 16.1. The second-order valence-corrected chi connectivity index (χ2v) is 13.0. The van der Waals surface area contributed by atoms with Crippen LogP contribution in [-0.4, -0.2) is 41.8 Å². The normalized spacial score (nSPS) is 14.3. The molecule has 3 aromatic rings. The number of aliphatic imine (C=N–C) groups is 1. The number of aryl methyl sites for hydroxylation is 1. The monoisotopic (exact) mass is 664 g/mol. The van der Waals surface area contributed by atoms with Crippen LogP contribution in [0.2, 0.25) is 0 Å². The van der Waals surface area contributed by atoms with Gasteiger partial charge in [-0.05, 0) is 105 Å². The molecule has 0 radical (unpaired) electrons. The maximum Gasteiger partial charge on any atom is 0.429 e. The van der Waals surface area contributed by atoms with Crippen molar-refractivity contribution in [3.63, 3.8) is 0 Å². The molecule has 0 aliphatic heterocycles. The smallest absolute Gasteiger partial charge is 0.429 e. The van der Waals surface area contributed by atoms with E-state index in [1.807, 2.05) is 18.2 Å². The molecule has 1 unspecified atom stereocenters. The summed E-state index contributed by atoms with van der Waals surface area (Å²) < 4.78 is 51.9. The van der Waals surface area contributed by atoms with Crippen LogP contribution in [0.5, 0.6) is 0 Å². The van der Waals surface area contributed by atoms with E-state index in [-0.39, 0.29) is 0 Å². The molecule has 0 spiro atoms. The highest BCUT2D eigenvalue weighted by Gasteiger charge is 2.36. The molecule has 256 valence electrons. The van der Waals surface area contributed by atoms with Crippen molar-refractivity contribution in [1.82, 2.24) is 0 Å². The molecular weight excluding hydrogens is 621 g/mol. The molecule has 48 heavy (non-hydrogen) atoms. The Morgan fingerprint density at radius 3 is 2.15 bits per heavy atom. The molecule has 2 amide bonds. The maximum atomic E-state index is 13.5. The first-order chi connectivity index (χ1) is 22.7. The van der Waals surface area contributed by atoms with Gasteiger partial charge in [0.15, 0.2) is 0 Å². The lowest BCUT2D eigenvalue weighted by molar-refractivity contribution is -0.110. The predicted molar refractivity (Wildman–Crippen MR) is 182 cm³/mol. The second kappa shape index (κ2) is 16.1. The van der Waals surface area contributed by atoms with Crippen molar-refractivity contribution in [2.45, 2.75) is 84.1 Å². The van der Waals surface area contributed by atoms with Gasteiger partial charge in [0, 0.05) is 17.8 Å². The fourth-order valence-corrected chi connectivity index (χ4v) is 4.84. The van der Waals surface area contributed by atoms with Gasteiger partial charge in [-0.25, -0.2) is 9.79 Å². The van der Waals surface area contributed by atoms with Crippen molar-refractivity contribution in [2.75, 3.05) is 17.2 Å². The standard InChI is InChI=1S/C37H43F3N4O4/c1-5-6-10-24-11-7-14-28(19-24)42-31(22-32(41)37(38,39)40)34(45)43-29-15-8-12-26(20-29)33(47-23-25-17-18-25)27-13-9-16-30(21-27)44-35(46)48-36(2,3)4/h7-9,11-16,19-21,25,33,41H,5-6,10,17-18,22-23H2,1-4H3,(H,43,45)(H,44,46). The number of nitrogens with zero attached hydrogens (tertiary/aromatic N) is 1. The lowest BCUT2D eigenvalue weighted by Gasteiger charge is -2.22. The average Bonchev–Trinajstić information content (AvgIpc) is 3.83. The van der Waals surface area contributed by atoms with Crippen LogP contribution in [0.25, 0.3) is 0 Å². The van der Waals surface area contributed by atoms with E-state index < -0.39 is 47.7 Å². The van der Waals surface area contributed by atoms with Gasteiger partial charge in [0.05, 0.1) is 12.3 Å². The van der Waals surface area contributed by atoms with Crippen molar-refractivity contribution < 1.29 is 32.2 Å². The summed E-state index contributed by atoms with van der Waals surface area (Å²) in [5.41, 5.74) is 0.896. The van der Waals surface area contributed by atoms with Gasteiger partial charge in [0.25, 0.3) is 5.91 Å². The fourth-order valence-electron chi connectivity index (χ4n) is 4.84. The van der Waals surface area contributed by atoms with Gasteiger partial charge in [-0.3, -0.25) is 10.1 Å². The molecule has 0 heterocycles. The van der Waals surface area contributed by atoms with Gasteiger partial charge in [0.1, 0.15) is 23.1 Å². The lowest BCUT2D eigenvalue weighted by atomic mass is 10.00. The fraction of sp³-hybridized carbons (Fsp3) is 0.405. The van der Waals surface area contributed by atoms with E-state index in [4.69, 9.17) is 14.9 Å². The van der Waals surface area contributed by atoms with Crippen molar-refractivity contribution in [3.05, 3.63) is 89.5 Å². The number of unbranched alkanes of at least 4 members (excludes halogenated alkanes) is 1. The van der Waals surface area contributed by atoms with Crippen LogP contribution in [0.1, 0.15) is 82.6 Å². The molecule has 11 heteroatoms. The Kier molecular flexibility index (Phi) is 12.2. The van der Waals surface area contributed by atoms with Gasteiger partial charge in [-0.15, -0.1) is 0 Å². The predicted octanol–water partition coefficient (Wildman–Crippen LogP) is 9.58. The summed E-state index contributed by atoms with van der Waals surface area (Å²) in [6.45, 7) is 7.90. The highest BCUT2D eigenvalue weighted by molar-refractivity contribution is 6.46. The molecule has 8 nitrogen and oxygen atoms in total. The molecule has 0 bridgehead atoms. The van der Waals surface area contributed by atoms with E-state index in [1.165, 1.54) is 0 Å².